The number of hydrogen-bond donors (Lipinski definition) is 0. The zero-order valence-electron chi connectivity index (χ0n) is 17.0. The molecular formula is C22H34O4. The van der Waals surface area contributed by atoms with Crippen LogP contribution < -0.4 is 0 Å². The first kappa shape index (κ1) is 20.9. The number of ether oxygens (including phenoxy) is 1. The lowest BCUT2D eigenvalue weighted by Gasteiger charge is -2.54. The second-order valence-electron chi connectivity index (χ2n) is 9.21. The number of allylic oxidation sites excluding steroid dienone is 1. The predicted octanol–water partition coefficient (Wildman–Crippen LogP) is 4.66. The van der Waals surface area contributed by atoms with Crippen LogP contribution in [0.2, 0.25) is 0 Å². The summed E-state index contributed by atoms with van der Waals surface area (Å²) in [7, 11) is 0. The van der Waals surface area contributed by atoms with Gasteiger partial charge in [0.2, 0.25) is 0 Å². The molecule has 0 aromatic rings. The zero-order valence-corrected chi connectivity index (χ0v) is 17.0. The molecule has 2 aliphatic rings. The van der Waals surface area contributed by atoms with E-state index >= 15 is 0 Å². The molecule has 0 aromatic heterocycles. The minimum Gasteiger partial charge on any atom is -0.460 e. The van der Waals surface area contributed by atoms with Crippen molar-refractivity contribution in [2.45, 2.75) is 85.2 Å². The molecule has 26 heavy (non-hydrogen) atoms. The fraction of sp³-hybridized carbons (Fsp3) is 0.773. The molecule has 4 unspecified atom stereocenters. The minimum atomic E-state index is -0.621. The summed E-state index contributed by atoms with van der Waals surface area (Å²) in [5.41, 5.74) is 0.180. The van der Waals surface area contributed by atoms with Crippen LogP contribution in [-0.2, 0) is 19.1 Å². The first-order valence-electron chi connectivity index (χ1n) is 9.89. The number of hydrogen-bond acceptors (Lipinski definition) is 4. The van der Waals surface area contributed by atoms with Crippen LogP contribution in [0.5, 0.6) is 0 Å². The number of carbonyl (C=O) groups excluding carboxylic acids is 3. The smallest absolute Gasteiger partial charge is 0.303 e. The van der Waals surface area contributed by atoms with Crippen molar-refractivity contribution < 1.29 is 19.1 Å². The molecule has 146 valence electrons. The average molecular weight is 363 g/mol. The predicted molar refractivity (Wildman–Crippen MR) is 102 cm³/mol. The highest BCUT2D eigenvalue weighted by Gasteiger charge is 2.55. The fourth-order valence-electron chi connectivity index (χ4n) is 4.75. The van der Waals surface area contributed by atoms with Gasteiger partial charge in [-0.3, -0.25) is 14.4 Å². The van der Waals surface area contributed by atoms with Gasteiger partial charge in [-0.15, -0.1) is 0 Å². The number of esters is 1. The normalized spacial score (nSPS) is 32.6. The molecule has 4 heteroatoms. The van der Waals surface area contributed by atoms with Crippen molar-refractivity contribution in [3.05, 3.63) is 12.2 Å². The summed E-state index contributed by atoms with van der Waals surface area (Å²) in [5, 5.41) is 0. The lowest BCUT2D eigenvalue weighted by Crippen LogP contribution is -2.52. The summed E-state index contributed by atoms with van der Waals surface area (Å²) in [6.45, 7) is 13.4. The van der Waals surface area contributed by atoms with Gasteiger partial charge in [-0.05, 0) is 57.8 Å². The van der Waals surface area contributed by atoms with Gasteiger partial charge in [-0.25, -0.2) is 0 Å². The van der Waals surface area contributed by atoms with Crippen LogP contribution >= 0.6 is 0 Å². The van der Waals surface area contributed by atoms with E-state index in [1.807, 2.05) is 20.8 Å². The van der Waals surface area contributed by atoms with Crippen LogP contribution in [0.3, 0.4) is 0 Å². The highest BCUT2D eigenvalue weighted by molar-refractivity contribution is 5.86. The van der Waals surface area contributed by atoms with Crippen molar-refractivity contribution in [2.24, 2.45) is 23.2 Å². The zero-order chi connectivity index (χ0) is 19.7. The first-order valence-corrected chi connectivity index (χ1v) is 9.89. The van der Waals surface area contributed by atoms with Crippen molar-refractivity contribution in [3.8, 4) is 0 Å². The molecule has 0 aromatic carbocycles. The maximum absolute atomic E-state index is 13.0. The summed E-state index contributed by atoms with van der Waals surface area (Å²) in [4.78, 5) is 36.4. The Morgan fingerprint density at radius 3 is 2.54 bits per heavy atom. The van der Waals surface area contributed by atoms with Crippen molar-refractivity contribution in [3.63, 3.8) is 0 Å². The summed E-state index contributed by atoms with van der Waals surface area (Å²) in [6.07, 6.45) is 4.90. The Hall–Kier alpha value is -1.45. The van der Waals surface area contributed by atoms with Crippen molar-refractivity contribution in [2.75, 3.05) is 0 Å². The molecule has 0 amide bonds. The first-order chi connectivity index (χ1) is 12.0. The monoisotopic (exact) mass is 362 g/mol. The van der Waals surface area contributed by atoms with E-state index in [1.54, 1.807) is 0 Å². The van der Waals surface area contributed by atoms with Gasteiger partial charge in [0.05, 0.1) is 0 Å². The quantitative estimate of drug-likeness (QED) is 0.527. The molecular weight excluding hydrogens is 328 g/mol. The summed E-state index contributed by atoms with van der Waals surface area (Å²) < 4.78 is 5.31. The van der Waals surface area contributed by atoms with Gasteiger partial charge >= 0.3 is 5.97 Å². The Morgan fingerprint density at radius 1 is 1.27 bits per heavy atom. The molecule has 4 atom stereocenters. The highest BCUT2D eigenvalue weighted by atomic mass is 16.6. The maximum atomic E-state index is 13.0. The van der Waals surface area contributed by atoms with Crippen molar-refractivity contribution in [1.29, 1.82) is 0 Å². The van der Waals surface area contributed by atoms with Crippen LogP contribution in [0.15, 0.2) is 12.2 Å². The standard InChI is InChI=1S/C22H34O4/c1-14-8-10-19(24)15(2)7-9-18-17(14)13-22(18,6)20(25)11-12-21(4,5)26-16(3)23/h15,17-18H,1,7-13H2,2-6H3. The lowest BCUT2D eigenvalue weighted by molar-refractivity contribution is -0.156. The molecule has 0 aliphatic heterocycles. The number of fused-ring (bicyclic) bond motifs is 1. The summed E-state index contributed by atoms with van der Waals surface area (Å²) in [6, 6.07) is 0. The van der Waals surface area contributed by atoms with Gasteiger partial charge < -0.3 is 4.74 Å². The second-order valence-corrected chi connectivity index (χ2v) is 9.21. The van der Waals surface area contributed by atoms with Gasteiger partial charge in [0.25, 0.3) is 0 Å². The van der Waals surface area contributed by atoms with Gasteiger partial charge in [0.15, 0.2) is 0 Å². The number of ketones is 2. The van der Waals surface area contributed by atoms with E-state index in [1.165, 1.54) is 6.92 Å². The van der Waals surface area contributed by atoms with Gasteiger partial charge in [0.1, 0.15) is 17.2 Å². The molecule has 0 spiro atoms. The highest BCUT2D eigenvalue weighted by Crippen LogP contribution is 2.58. The third-order valence-corrected chi connectivity index (χ3v) is 6.64. The van der Waals surface area contributed by atoms with Gasteiger partial charge in [-0.2, -0.15) is 0 Å². The lowest BCUT2D eigenvalue weighted by atomic mass is 9.49. The number of carbonyl (C=O) groups is 3. The van der Waals surface area contributed by atoms with E-state index in [4.69, 9.17) is 4.74 Å². The van der Waals surface area contributed by atoms with Crippen molar-refractivity contribution in [1.82, 2.24) is 0 Å². The van der Waals surface area contributed by atoms with Crippen LogP contribution in [0.25, 0.3) is 0 Å². The Balaban J connectivity index is 2.04. The molecule has 2 saturated carbocycles. The topological polar surface area (TPSA) is 60.4 Å². The molecule has 2 rings (SSSR count). The average Bonchev–Trinajstić information content (AvgIpc) is 2.56. The Morgan fingerprint density at radius 2 is 1.92 bits per heavy atom. The fourth-order valence-corrected chi connectivity index (χ4v) is 4.75. The second kappa shape index (κ2) is 7.66. The van der Waals surface area contributed by atoms with E-state index in [9.17, 15) is 14.4 Å². The minimum absolute atomic E-state index is 0.0735. The Kier molecular flexibility index (Phi) is 6.14. The van der Waals surface area contributed by atoms with Crippen LogP contribution in [0.1, 0.15) is 79.6 Å². The van der Waals surface area contributed by atoms with E-state index in [-0.39, 0.29) is 29.0 Å². The molecule has 2 aliphatic carbocycles. The van der Waals surface area contributed by atoms with E-state index in [2.05, 4.69) is 13.5 Å². The van der Waals surface area contributed by atoms with Gasteiger partial charge in [0, 0.05) is 31.1 Å². The Labute approximate surface area is 157 Å². The molecule has 0 bridgehead atoms. The SMILES string of the molecule is C=C1CCC(=O)C(C)CCC2C1CC2(C)C(=O)CCC(C)(C)OC(C)=O. The van der Waals surface area contributed by atoms with Crippen LogP contribution in [-0.4, -0.2) is 23.1 Å². The van der Waals surface area contributed by atoms with Crippen LogP contribution in [0, 0.1) is 23.2 Å². The largest absolute Gasteiger partial charge is 0.460 e. The number of Topliss-reactive ketones (excluding diaryl/α,β-unsaturated/α-hetero) is 2. The molecule has 0 radical (unpaired) electrons. The molecule has 0 N–H and O–H groups in total. The van der Waals surface area contributed by atoms with Crippen molar-refractivity contribution >= 4 is 17.5 Å². The molecule has 0 heterocycles. The number of rotatable bonds is 5. The molecule has 0 saturated heterocycles. The summed E-state index contributed by atoms with van der Waals surface area (Å²) in [5.74, 6) is 0.984. The third kappa shape index (κ3) is 4.44. The maximum Gasteiger partial charge on any atom is 0.303 e. The van der Waals surface area contributed by atoms with E-state index in [0.29, 0.717) is 31.0 Å². The molecule has 4 nitrogen and oxygen atoms in total. The Bertz CT molecular complexity index is 603. The van der Waals surface area contributed by atoms with Crippen LogP contribution in [0.4, 0.5) is 0 Å². The van der Waals surface area contributed by atoms with E-state index in [0.717, 1.165) is 31.3 Å². The summed E-state index contributed by atoms with van der Waals surface area (Å²) >= 11 is 0. The third-order valence-electron chi connectivity index (χ3n) is 6.64. The van der Waals surface area contributed by atoms with E-state index < -0.39 is 5.60 Å². The van der Waals surface area contributed by atoms with Gasteiger partial charge in [-0.1, -0.05) is 26.0 Å². The molecule has 2 fully saturated rings.